The minimum Gasteiger partial charge on any atom is -0.326 e. The number of benzene rings is 3. The van der Waals surface area contributed by atoms with E-state index in [2.05, 4.69) is 5.32 Å². The number of nitrogens with one attached hydrogen (secondary N) is 1. The van der Waals surface area contributed by atoms with Crippen molar-refractivity contribution in [2.75, 3.05) is 16.8 Å². The third-order valence-corrected chi connectivity index (χ3v) is 4.92. The number of halogens is 3. The van der Waals surface area contributed by atoms with Crippen LogP contribution in [0.25, 0.3) is 0 Å². The van der Waals surface area contributed by atoms with E-state index in [0.717, 1.165) is 23.4 Å². The van der Waals surface area contributed by atoms with Crippen molar-refractivity contribution in [2.45, 2.75) is 25.9 Å². The summed E-state index contributed by atoms with van der Waals surface area (Å²) in [6.45, 7) is 2.47. The third-order valence-electron chi connectivity index (χ3n) is 4.92. The molecule has 3 rings (SSSR count). The Morgan fingerprint density at radius 3 is 1.94 bits per heavy atom. The smallest absolute Gasteiger partial charge is 0.326 e. The van der Waals surface area contributed by atoms with Gasteiger partial charge in [-0.2, -0.15) is 13.2 Å². The normalized spacial score (nSPS) is 11.1. The number of hydrogen-bond donors (Lipinski definition) is 1. The second-order valence-electron chi connectivity index (χ2n) is 7.27. The molecule has 3 aromatic carbocycles. The fourth-order valence-corrected chi connectivity index (χ4v) is 3.29. The summed E-state index contributed by atoms with van der Waals surface area (Å²) in [5, 5.41) is 2.72. The van der Waals surface area contributed by atoms with Crippen LogP contribution in [0.2, 0.25) is 0 Å². The van der Waals surface area contributed by atoms with E-state index < -0.39 is 11.7 Å². The fraction of sp³-hybridized carbons (Fsp3) is 0.200. The standard InChI is InChI=1S/C25H23F3N2O2/c1-2-30(22-6-4-3-5-7-22)24(32)17-19-10-14-21(15-11-19)29-23(31)16-18-8-12-20(13-9-18)25(26,27)28/h3-15H,2,16-17H2,1H3,(H,29,31). The fourth-order valence-electron chi connectivity index (χ4n) is 3.29. The molecular weight excluding hydrogens is 417 g/mol. The van der Waals surface area contributed by atoms with Crippen molar-refractivity contribution in [3.63, 3.8) is 0 Å². The Balaban J connectivity index is 1.56. The van der Waals surface area contributed by atoms with E-state index in [-0.39, 0.29) is 24.7 Å². The van der Waals surface area contributed by atoms with Gasteiger partial charge in [0.1, 0.15) is 0 Å². The number of carbonyl (C=O) groups is 2. The Hall–Kier alpha value is -3.61. The van der Waals surface area contributed by atoms with Crippen molar-refractivity contribution < 1.29 is 22.8 Å². The number of nitrogens with zero attached hydrogens (tertiary/aromatic N) is 1. The zero-order chi connectivity index (χ0) is 23.1. The van der Waals surface area contributed by atoms with Gasteiger partial charge in [-0.05, 0) is 54.4 Å². The number of rotatable bonds is 7. The summed E-state index contributed by atoms with van der Waals surface area (Å²) in [5.74, 6) is -0.368. The van der Waals surface area contributed by atoms with E-state index >= 15 is 0 Å². The van der Waals surface area contributed by atoms with Crippen molar-refractivity contribution in [3.8, 4) is 0 Å². The summed E-state index contributed by atoms with van der Waals surface area (Å²) in [7, 11) is 0. The van der Waals surface area contributed by atoms with Gasteiger partial charge in [0.15, 0.2) is 0 Å². The largest absolute Gasteiger partial charge is 0.416 e. The highest BCUT2D eigenvalue weighted by atomic mass is 19.4. The molecular formula is C25H23F3N2O2. The summed E-state index contributed by atoms with van der Waals surface area (Å²) in [6.07, 6.45) is -4.22. The average molecular weight is 440 g/mol. The molecule has 32 heavy (non-hydrogen) atoms. The molecule has 0 aliphatic rings. The lowest BCUT2D eigenvalue weighted by molar-refractivity contribution is -0.137. The Kier molecular flexibility index (Phi) is 7.30. The average Bonchev–Trinajstić information content (AvgIpc) is 2.76. The Morgan fingerprint density at radius 2 is 1.38 bits per heavy atom. The van der Waals surface area contributed by atoms with Gasteiger partial charge in [-0.3, -0.25) is 9.59 Å². The van der Waals surface area contributed by atoms with Crippen molar-refractivity contribution in [1.82, 2.24) is 0 Å². The van der Waals surface area contributed by atoms with E-state index in [9.17, 15) is 22.8 Å². The number of alkyl halides is 3. The summed E-state index contributed by atoms with van der Waals surface area (Å²) in [4.78, 5) is 26.6. The molecule has 0 aromatic heterocycles. The lowest BCUT2D eigenvalue weighted by atomic mass is 10.1. The van der Waals surface area contributed by atoms with Gasteiger partial charge in [-0.1, -0.05) is 42.5 Å². The molecule has 2 amide bonds. The molecule has 0 atom stereocenters. The molecule has 0 heterocycles. The van der Waals surface area contributed by atoms with Crippen LogP contribution in [0, 0.1) is 0 Å². The lowest BCUT2D eigenvalue weighted by Gasteiger charge is -2.21. The molecule has 166 valence electrons. The molecule has 0 aliphatic carbocycles. The number of hydrogen-bond acceptors (Lipinski definition) is 2. The molecule has 0 unspecified atom stereocenters. The first kappa shape index (κ1) is 23.1. The van der Waals surface area contributed by atoms with Gasteiger partial charge in [-0.15, -0.1) is 0 Å². The molecule has 0 bridgehead atoms. The van der Waals surface area contributed by atoms with Crippen molar-refractivity contribution in [3.05, 3.63) is 95.6 Å². The monoisotopic (exact) mass is 440 g/mol. The number of amides is 2. The highest BCUT2D eigenvalue weighted by Crippen LogP contribution is 2.29. The van der Waals surface area contributed by atoms with Gasteiger partial charge in [0.25, 0.3) is 0 Å². The number of para-hydroxylation sites is 1. The summed E-state index contributed by atoms with van der Waals surface area (Å²) in [6, 6.07) is 20.9. The predicted molar refractivity (Wildman–Crippen MR) is 118 cm³/mol. The number of carbonyl (C=O) groups excluding carboxylic acids is 2. The van der Waals surface area contributed by atoms with Gasteiger partial charge >= 0.3 is 6.18 Å². The van der Waals surface area contributed by atoms with Gasteiger partial charge in [0.05, 0.1) is 18.4 Å². The van der Waals surface area contributed by atoms with Crippen LogP contribution in [-0.2, 0) is 28.6 Å². The topological polar surface area (TPSA) is 49.4 Å². The Morgan fingerprint density at radius 1 is 0.812 bits per heavy atom. The first-order valence-electron chi connectivity index (χ1n) is 10.2. The maximum Gasteiger partial charge on any atom is 0.416 e. The lowest BCUT2D eigenvalue weighted by Crippen LogP contribution is -2.31. The zero-order valence-electron chi connectivity index (χ0n) is 17.5. The van der Waals surface area contributed by atoms with Crippen LogP contribution in [0.15, 0.2) is 78.9 Å². The van der Waals surface area contributed by atoms with Crippen LogP contribution in [0.3, 0.4) is 0 Å². The van der Waals surface area contributed by atoms with Crippen molar-refractivity contribution in [2.24, 2.45) is 0 Å². The highest BCUT2D eigenvalue weighted by Gasteiger charge is 2.30. The number of likely N-dealkylation sites (N-methyl/N-ethyl adjacent to an activating group) is 1. The van der Waals surface area contributed by atoms with E-state index in [0.29, 0.717) is 17.8 Å². The number of anilines is 2. The molecule has 0 saturated carbocycles. The van der Waals surface area contributed by atoms with Crippen LogP contribution >= 0.6 is 0 Å². The van der Waals surface area contributed by atoms with Crippen LogP contribution in [0.5, 0.6) is 0 Å². The minimum absolute atomic E-state index is 0.0298. The third kappa shape index (κ3) is 6.20. The van der Waals surface area contributed by atoms with E-state index in [4.69, 9.17) is 0 Å². The second-order valence-corrected chi connectivity index (χ2v) is 7.27. The zero-order valence-corrected chi connectivity index (χ0v) is 17.5. The minimum atomic E-state index is -4.40. The maximum absolute atomic E-state index is 12.7. The SMILES string of the molecule is CCN(C(=O)Cc1ccc(NC(=O)Cc2ccc(C(F)(F)F)cc2)cc1)c1ccccc1. The van der Waals surface area contributed by atoms with Crippen LogP contribution < -0.4 is 10.2 Å². The highest BCUT2D eigenvalue weighted by molar-refractivity contribution is 5.95. The van der Waals surface area contributed by atoms with Crippen LogP contribution in [0.1, 0.15) is 23.6 Å². The molecule has 0 fully saturated rings. The first-order valence-corrected chi connectivity index (χ1v) is 10.2. The van der Waals surface area contributed by atoms with Gasteiger partial charge in [-0.25, -0.2) is 0 Å². The van der Waals surface area contributed by atoms with Gasteiger partial charge in [0.2, 0.25) is 11.8 Å². The van der Waals surface area contributed by atoms with Gasteiger partial charge in [0, 0.05) is 17.9 Å². The molecule has 0 saturated heterocycles. The summed E-state index contributed by atoms with van der Waals surface area (Å²) < 4.78 is 37.9. The molecule has 0 radical (unpaired) electrons. The molecule has 0 aliphatic heterocycles. The molecule has 4 nitrogen and oxygen atoms in total. The Bertz CT molecular complexity index is 1050. The van der Waals surface area contributed by atoms with Gasteiger partial charge < -0.3 is 10.2 Å². The van der Waals surface area contributed by atoms with E-state index in [1.165, 1.54) is 12.1 Å². The Labute approximate surface area is 184 Å². The molecule has 0 spiro atoms. The van der Waals surface area contributed by atoms with Crippen LogP contribution in [0.4, 0.5) is 24.5 Å². The second kappa shape index (κ2) is 10.1. The first-order chi connectivity index (χ1) is 15.3. The van der Waals surface area contributed by atoms with Crippen LogP contribution in [-0.4, -0.2) is 18.4 Å². The van der Waals surface area contributed by atoms with E-state index in [1.807, 2.05) is 37.3 Å². The summed E-state index contributed by atoms with van der Waals surface area (Å²) in [5.41, 5.74) is 1.93. The van der Waals surface area contributed by atoms with Crippen molar-refractivity contribution >= 4 is 23.2 Å². The molecule has 7 heteroatoms. The maximum atomic E-state index is 12.7. The predicted octanol–water partition coefficient (Wildman–Crippen LogP) is 5.48. The van der Waals surface area contributed by atoms with E-state index in [1.54, 1.807) is 29.2 Å². The molecule has 3 aromatic rings. The van der Waals surface area contributed by atoms with Crippen molar-refractivity contribution in [1.29, 1.82) is 0 Å². The quantitative estimate of drug-likeness (QED) is 0.529. The summed E-state index contributed by atoms with van der Waals surface area (Å²) >= 11 is 0. The molecule has 1 N–H and O–H groups in total.